The van der Waals surface area contributed by atoms with Gasteiger partial charge in [-0.1, -0.05) is 37.3 Å². The van der Waals surface area contributed by atoms with E-state index < -0.39 is 0 Å². The number of benzene rings is 1. The van der Waals surface area contributed by atoms with Crippen LogP contribution in [0.5, 0.6) is 0 Å². The van der Waals surface area contributed by atoms with Gasteiger partial charge in [0.05, 0.1) is 0 Å². The minimum Gasteiger partial charge on any atom is -0.351 e. The van der Waals surface area contributed by atoms with Crippen LogP contribution in [0.1, 0.15) is 37.8 Å². The molecule has 0 N–H and O–H groups in total. The second-order valence-corrected chi connectivity index (χ2v) is 4.92. The van der Waals surface area contributed by atoms with Crippen molar-refractivity contribution in [2.75, 3.05) is 0 Å². The summed E-state index contributed by atoms with van der Waals surface area (Å²) >= 11 is 0. The molecular weight excluding hydrogens is 234 g/mol. The molecule has 0 amide bonds. The minimum absolute atomic E-state index is 0.0791. The number of pyridine rings is 1. The predicted octanol–water partition coefficient (Wildman–Crippen LogP) is 3.82. The lowest BCUT2D eigenvalue weighted by Crippen LogP contribution is -2.11. The molecule has 0 aliphatic carbocycles. The summed E-state index contributed by atoms with van der Waals surface area (Å²) in [5, 5.41) is 0. The molecule has 0 saturated heterocycles. The maximum Gasteiger partial charge on any atom is 0.181 e. The molecule has 0 radical (unpaired) electrons. The molecule has 100 valence electrons. The highest BCUT2D eigenvalue weighted by Gasteiger charge is 2.06. The summed E-state index contributed by atoms with van der Waals surface area (Å²) in [6.07, 6.45) is 8.34. The zero-order chi connectivity index (χ0) is 13.5. The second-order valence-electron chi connectivity index (χ2n) is 4.92. The van der Waals surface area contributed by atoms with Crippen molar-refractivity contribution < 1.29 is 0 Å². The van der Waals surface area contributed by atoms with Crippen molar-refractivity contribution in [3.05, 3.63) is 70.6 Å². The summed E-state index contributed by atoms with van der Waals surface area (Å²) in [6.45, 7) is 2.20. The fraction of sp³-hybridized carbons (Fsp3) is 0.353. The third kappa shape index (κ3) is 4.09. The number of hydrogen-bond acceptors (Lipinski definition) is 1. The normalized spacial score (nSPS) is 12.3. The molecule has 2 heteroatoms. The first kappa shape index (κ1) is 13.6. The number of nitrogens with zero attached hydrogens (tertiary/aromatic N) is 1. The van der Waals surface area contributed by atoms with E-state index in [9.17, 15) is 4.79 Å². The molecule has 0 fully saturated rings. The highest BCUT2D eigenvalue weighted by molar-refractivity contribution is 5.14. The first-order chi connectivity index (χ1) is 9.29. The van der Waals surface area contributed by atoms with Crippen LogP contribution in [0.25, 0.3) is 0 Å². The van der Waals surface area contributed by atoms with Crippen LogP contribution >= 0.6 is 0 Å². The van der Waals surface area contributed by atoms with Gasteiger partial charge in [0.25, 0.3) is 0 Å². The van der Waals surface area contributed by atoms with Crippen molar-refractivity contribution in [3.63, 3.8) is 0 Å². The van der Waals surface area contributed by atoms with Crippen molar-refractivity contribution in [2.45, 2.75) is 38.6 Å². The molecule has 0 spiro atoms. The van der Waals surface area contributed by atoms with E-state index in [0.717, 1.165) is 19.3 Å². The summed E-state index contributed by atoms with van der Waals surface area (Å²) in [4.78, 5) is 11.1. The van der Waals surface area contributed by atoms with E-state index in [2.05, 4.69) is 41.8 Å². The Bertz CT molecular complexity index is 524. The maximum absolute atomic E-state index is 11.1. The second kappa shape index (κ2) is 6.93. The fourth-order valence-corrected chi connectivity index (χ4v) is 2.42. The van der Waals surface area contributed by atoms with Crippen molar-refractivity contribution in [1.82, 2.24) is 4.57 Å². The Labute approximate surface area is 114 Å². The van der Waals surface area contributed by atoms with Gasteiger partial charge in [0, 0.05) is 30.6 Å². The molecule has 1 unspecified atom stereocenters. The van der Waals surface area contributed by atoms with Crippen LogP contribution in [0.2, 0.25) is 0 Å². The van der Waals surface area contributed by atoms with Gasteiger partial charge < -0.3 is 4.57 Å². The lowest BCUT2D eigenvalue weighted by molar-refractivity contribution is 0.437. The average molecular weight is 255 g/mol. The predicted molar refractivity (Wildman–Crippen MR) is 79.4 cm³/mol. The molecule has 1 aromatic carbocycles. The summed E-state index contributed by atoms with van der Waals surface area (Å²) < 4.78 is 2.16. The molecule has 1 heterocycles. The van der Waals surface area contributed by atoms with Crippen LogP contribution in [-0.2, 0) is 6.42 Å². The largest absolute Gasteiger partial charge is 0.351 e. The SMILES string of the molecule is CCC(CCCc1ccccc1)n1ccc(=O)cc1. The Balaban J connectivity index is 1.89. The molecule has 1 atom stereocenters. The molecule has 0 saturated carbocycles. The molecular formula is C17H21NO. The number of aryl methyl sites for hydroxylation is 1. The van der Waals surface area contributed by atoms with Gasteiger partial charge in [-0.05, 0) is 31.2 Å². The summed E-state index contributed by atoms with van der Waals surface area (Å²) in [7, 11) is 0. The monoisotopic (exact) mass is 255 g/mol. The molecule has 0 aliphatic rings. The Hall–Kier alpha value is -1.83. The first-order valence-electron chi connectivity index (χ1n) is 7.01. The van der Waals surface area contributed by atoms with E-state index in [1.54, 1.807) is 12.1 Å². The van der Waals surface area contributed by atoms with E-state index in [1.807, 2.05) is 12.4 Å². The molecule has 2 rings (SSSR count). The molecule has 1 aromatic heterocycles. The van der Waals surface area contributed by atoms with E-state index in [-0.39, 0.29) is 5.43 Å². The molecule has 2 aromatic rings. The van der Waals surface area contributed by atoms with Crippen molar-refractivity contribution >= 4 is 0 Å². The van der Waals surface area contributed by atoms with E-state index in [1.165, 1.54) is 12.0 Å². The lowest BCUT2D eigenvalue weighted by Gasteiger charge is -2.18. The van der Waals surface area contributed by atoms with Crippen LogP contribution in [0.3, 0.4) is 0 Å². The molecule has 2 nitrogen and oxygen atoms in total. The van der Waals surface area contributed by atoms with Gasteiger partial charge in [0.15, 0.2) is 5.43 Å². The van der Waals surface area contributed by atoms with Gasteiger partial charge >= 0.3 is 0 Å². The quantitative estimate of drug-likeness (QED) is 0.769. The van der Waals surface area contributed by atoms with E-state index in [4.69, 9.17) is 0 Å². The van der Waals surface area contributed by atoms with E-state index >= 15 is 0 Å². The minimum atomic E-state index is 0.0791. The van der Waals surface area contributed by atoms with Crippen molar-refractivity contribution in [2.24, 2.45) is 0 Å². The van der Waals surface area contributed by atoms with Gasteiger partial charge in [0.2, 0.25) is 0 Å². The zero-order valence-corrected chi connectivity index (χ0v) is 11.5. The fourth-order valence-electron chi connectivity index (χ4n) is 2.42. The van der Waals surface area contributed by atoms with Crippen LogP contribution in [0, 0.1) is 0 Å². The van der Waals surface area contributed by atoms with Crippen LogP contribution < -0.4 is 5.43 Å². The van der Waals surface area contributed by atoms with Crippen molar-refractivity contribution in [1.29, 1.82) is 0 Å². The highest BCUT2D eigenvalue weighted by Crippen LogP contribution is 2.18. The third-order valence-electron chi connectivity index (χ3n) is 3.56. The summed E-state index contributed by atoms with van der Waals surface area (Å²) in [5.41, 5.74) is 1.48. The zero-order valence-electron chi connectivity index (χ0n) is 11.5. The van der Waals surface area contributed by atoms with Gasteiger partial charge in [-0.3, -0.25) is 4.79 Å². The lowest BCUT2D eigenvalue weighted by atomic mass is 10.0. The van der Waals surface area contributed by atoms with E-state index in [0.29, 0.717) is 6.04 Å². The topological polar surface area (TPSA) is 22.0 Å². The Morgan fingerprint density at radius 2 is 1.74 bits per heavy atom. The maximum atomic E-state index is 11.1. The summed E-state index contributed by atoms with van der Waals surface area (Å²) in [5.74, 6) is 0. The Kier molecular flexibility index (Phi) is 4.96. The number of hydrogen-bond donors (Lipinski definition) is 0. The molecule has 19 heavy (non-hydrogen) atoms. The van der Waals surface area contributed by atoms with Crippen LogP contribution in [-0.4, -0.2) is 4.57 Å². The van der Waals surface area contributed by atoms with Gasteiger partial charge in [-0.25, -0.2) is 0 Å². The number of rotatable bonds is 6. The molecule has 0 aliphatic heterocycles. The smallest absolute Gasteiger partial charge is 0.181 e. The van der Waals surface area contributed by atoms with Gasteiger partial charge in [-0.15, -0.1) is 0 Å². The summed E-state index contributed by atoms with van der Waals surface area (Å²) in [6, 6.07) is 14.4. The van der Waals surface area contributed by atoms with Crippen LogP contribution in [0.15, 0.2) is 59.7 Å². The average Bonchev–Trinajstić information content (AvgIpc) is 2.46. The standard InChI is InChI=1S/C17H21NO/c1-2-16(18-13-11-17(19)12-14-18)10-6-9-15-7-4-3-5-8-15/h3-5,7-8,11-14,16H,2,6,9-10H2,1H3. The van der Waals surface area contributed by atoms with Gasteiger partial charge in [0.1, 0.15) is 0 Å². The Morgan fingerprint density at radius 3 is 2.37 bits per heavy atom. The number of aromatic nitrogens is 1. The van der Waals surface area contributed by atoms with Crippen LogP contribution in [0.4, 0.5) is 0 Å². The first-order valence-corrected chi connectivity index (χ1v) is 7.01. The Morgan fingerprint density at radius 1 is 1.05 bits per heavy atom. The highest BCUT2D eigenvalue weighted by atomic mass is 16.1. The third-order valence-corrected chi connectivity index (χ3v) is 3.56. The molecule has 0 bridgehead atoms. The van der Waals surface area contributed by atoms with Gasteiger partial charge in [-0.2, -0.15) is 0 Å². The van der Waals surface area contributed by atoms with Crippen molar-refractivity contribution in [3.8, 4) is 0 Å².